The second-order valence-corrected chi connectivity index (χ2v) is 10.1. The van der Waals surface area contributed by atoms with Crippen LogP contribution in [0, 0.1) is 34.5 Å². The van der Waals surface area contributed by atoms with Crippen LogP contribution in [0.5, 0.6) is 0 Å². The molecule has 6 atom stereocenters. The van der Waals surface area contributed by atoms with Crippen molar-refractivity contribution in [3.05, 3.63) is 10.1 Å². The number of Topliss-reactive ketones (excluding diaryl/α,β-unsaturated/α-hetero) is 2. The molecule has 3 saturated carbocycles. The molecular weight excluding hydrogens is 364 g/mol. The molecule has 0 saturated heterocycles. The summed E-state index contributed by atoms with van der Waals surface area (Å²) in [7, 11) is 0. The van der Waals surface area contributed by atoms with E-state index in [4.69, 9.17) is 0 Å². The Labute approximate surface area is 154 Å². The van der Waals surface area contributed by atoms with Crippen LogP contribution in [0.1, 0.15) is 72.1 Å². The lowest BCUT2D eigenvalue weighted by Crippen LogP contribution is -2.51. The van der Waals surface area contributed by atoms with Gasteiger partial charge >= 0.3 is 0 Å². The quantitative estimate of drug-likeness (QED) is 0.594. The number of halogens is 1. The van der Waals surface area contributed by atoms with E-state index in [0.717, 1.165) is 29.7 Å². The Hall–Kier alpha value is -0.440. The molecule has 3 heteroatoms. The van der Waals surface area contributed by atoms with Gasteiger partial charge in [0.2, 0.25) is 0 Å². The highest BCUT2D eigenvalue weighted by Crippen LogP contribution is 2.67. The maximum atomic E-state index is 12.2. The van der Waals surface area contributed by atoms with Gasteiger partial charge in [-0.25, -0.2) is 0 Å². The molecule has 0 bridgehead atoms. The Morgan fingerprint density at radius 2 is 1.79 bits per heavy atom. The van der Waals surface area contributed by atoms with Crippen LogP contribution in [-0.2, 0) is 9.59 Å². The molecule has 4 aliphatic rings. The molecule has 0 aliphatic heterocycles. The van der Waals surface area contributed by atoms with Gasteiger partial charge in [-0.15, -0.1) is 0 Å². The van der Waals surface area contributed by atoms with Crippen molar-refractivity contribution in [1.82, 2.24) is 0 Å². The van der Waals surface area contributed by atoms with Crippen molar-refractivity contribution in [2.45, 2.75) is 72.1 Å². The van der Waals surface area contributed by atoms with Gasteiger partial charge in [-0.1, -0.05) is 13.8 Å². The summed E-state index contributed by atoms with van der Waals surface area (Å²) in [6.07, 6.45) is 8.76. The third kappa shape index (κ3) is 2.12. The second-order valence-electron chi connectivity index (χ2n) is 9.33. The molecule has 0 radical (unpaired) electrons. The van der Waals surface area contributed by atoms with Gasteiger partial charge in [0.05, 0.1) is 4.48 Å². The maximum Gasteiger partial charge on any atom is 0.169 e. The summed E-state index contributed by atoms with van der Waals surface area (Å²) in [5.41, 5.74) is 1.84. The summed E-state index contributed by atoms with van der Waals surface area (Å²) in [6, 6.07) is 0. The fourth-order valence-electron chi connectivity index (χ4n) is 7.32. The van der Waals surface area contributed by atoms with Gasteiger partial charge in [0.15, 0.2) is 5.78 Å². The molecule has 24 heavy (non-hydrogen) atoms. The first-order valence-electron chi connectivity index (χ1n) is 9.72. The molecule has 0 spiro atoms. The normalized spacial score (nSPS) is 47.9. The van der Waals surface area contributed by atoms with E-state index in [1.54, 1.807) is 6.92 Å². The van der Waals surface area contributed by atoms with Gasteiger partial charge < -0.3 is 0 Å². The fraction of sp³-hybridized carbons (Fsp3) is 0.810. The highest BCUT2D eigenvalue weighted by Gasteiger charge is 2.60. The number of hydrogen-bond acceptors (Lipinski definition) is 2. The third-order valence-electron chi connectivity index (χ3n) is 8.54. The Bertz CT molecular complexity index is 636. The topological polar surface area (TPSA) is 34.1 Å². The summed E-state index contributed by atoms with van der Waals surface area (Å²) in [5, 5.41) is 0. The molecule has 4 aliphatic carbocycles. The van der Waals surface area contributed by atoms with Gasteiger partial charge in [-0.2, -0.15) is 0 Å². The molecule has 0 heterocycles. The molecular formula is C21H29BrO2. The van der Waals surface area contributed by atoms with E-state index in [0.29, 0.717) is 29.8 Å². The number of hydrogen-bond donors (Lipinski definition) is 0. The minimum Gasteiger partial charge on any atom is -0.300 e. The first-order chi connectivity index (χ1) is 11.3. The van der Waals surface area contributed by atoms with Gasteiger partial charge in [-0.05, 0) is 102 Å². The minimum atomic E-state index is 0.200. The van der Waals surface area contributed by atoms with Crippen LogP contribution < -0.4 is 0 Å². The molecule has 3 fully saturated rings. The van der Waals surface area contributed by atoms with E-state index in [1.165, 1.54) is 31.3 Å². The maximum absolute atomic E-state index is 12.2. The summed E-state index contributed by atoms with van der Waals surface area (Å²) < 4.78 is 0.899. The highest BCUT2D eigenvalue weighted by atomic mass is 79.9. The zero-order valence-corrected chi connectivity index (χ0v) is 16.7. The van der Waals surface area contributed by atoms with Gasteiger partial charge in [0, 0.05) is 12.3 Å². The van der Waals surface area contributed by atoms with Crippen molar-refractivity contribution in [2.24, 2.45) is 34.5 Å². The Morgan fingerprint density at radius 3 is 2.50 bits per heavy atom. The predicted molar refractivity (Wildman–Crippen MR) is 98.8 cm³/mol. The molecule has 0 unspecified atom stereocenters. The van der Waals surface area contributed by atoms with E-state index >= 15 is 0 Å². The molecule has 4 rings (SSSR count). The van der Waals surface area contributed by atoms with Crippen molar-refractivity contribution in [2.75, 3.05) is 0 Å². The number of carbonyl (C=O) groups is 2. The van der Waals surface area contributed by atoms with Crippen molar-refractivity contribution in [1.29, 1.82) is 0 Å². The van der Waals surface area contributed by atoms with Gasteiger partial charge in [0.1, 0.15) is 5.78 Å². The Kier molecular flexibility index (Phi) is 3.91. The summed E-state index contributed by atoms with van der Waals surface area (Å²) >= 11 is 3.63. The first-order valence-corrected chi connectivity index (χ1v) is 10.5. The van der Waals surface area contributed by atoms with Gasteiger partial charge in [0.25, 0.3) is 0 Å². The largest absolute Gasteiger partial charge is 0.300 e. The monoisotopic (exact) mass is 392 g/mol. The second kappa shape index (κ2) is 5.53. The van der Waals surface area contributed by atoms with Crippen molar-refractivity contribution in [3.8, 4) is 0 Å². The fourth-order valence-corrected chi connectivity index (χ4v) is 8.17. The van der Waals surface area contributed by atoms with Crippen LogP contribution in [-0.4, -0.2) is 11.6 Å². The molecule has 0 N–H and O–H groups in total. The average Bonchev–Trinajstić information content (AvgIpc) is 2.89. The summed E-state index contributed by atoms with van der Waals surface area (Å²) in [6.45, 7) is 6.63. The zero-order chi connectivity index (χ0) is 17.3. The number of fused-ring (bicyclic) bond motifs is 5. The van der Waals surface area contributed by atoms with Gasteiger partial charge in [-0.3, -0.25) is 9.59 Å². The number of rotatable bonds is 1. The number of ketones is 2. The molecule has 0 aromatic rings. The summed E-state index contributed by atoms with van der Waals surface area (Å²) in [4.78, 5) is 24.3. The van der Waals surface area contributed by atoms with Crippen molar-refractivity contribution >= 4 is 27.5 Å². The zero-order valence-electron chi connectivity index (χ0n) is 15.2. The van der Waals surface area contributed by atoms with Crippen LogP contribution in [0.2, 0.25) is 0 Å². The first kappa shape index (κ1) is 17.0. The third-order valence-corrected chi connectivity index (χ3v) is 9.47. The molecule has 0 aromatic heterocycles. The van der Waals surface area contributed by atoms with Crippen LogP contribution in [0.25, 0.3) is 0 Å². The number of allylic oxidation sites excluding steroid dienone is 1. The average molecular weight is 393 g/mol. The van der Waals surface area contributed by atoms with E-state index in [2.05, 4.69) is 29.8 Å². The Balaban J connectivity index is 1.69. The Morgan fingerprint density at radius 1 is 1.04 bits per heavy atom. The smallest absolute Gasteiger partial charge is 0.169 e. The van der Waals surface area contributed by atoms with E-state index in [-0.39, 0.29) is 16.7 Å². The molecule has 0 aromatic carbocycles. The van der Waals surface area contributed by atoms with Crippen LogP contribution in [0.4, 0.5) is 0 Å². The minimum absolute atomic E-state index is 0.200. The predicted octanol–water partition coefficient (Wildman–Crippen LogP) is 5.45. The SMILES string of the molecule is CC(=O)[C@H]1CC[C@H]2[C@@H]3CCC4=C(Br)C(=O)CC[C@]4(C)[C@H]3CC[C@]12C. The van der Waals surface area contributed by atoms with Crippen LogP contribution in [0.3, 0.4) is 0 Å². The molecule has 0 amide bonds. The standard InChI is InChI=1S/C21H29BrO2/c1-12(23)14-6-7-15-13-4-5-17-19(22)18(24)9-11-21(17,3)16(13)8-10-20(14,15)2/h13-16H,4-11H2,1-3H3/t13-,14+,15-,16-,20+,21+/m0/s1. The van der Waals surface area contributed by atoms with Crippen molar-refractivity contribution < 1.29 is 9.59 Å². The molecule has 132 valence electrons. The molecule has 2 nitrogen and oxygen atoms in total. The van der Waals surface area contributed by atoms with E-state index in [9.17, 15) is 9.59 Å². The van der Waals surface area contributed by atoms with Crippen LogP contribution in [0.15, 0.2) is 10.1 Å². The van der Waals surface area contributed by atoms with E-state index < -0.39 is 0 Å². The summed E-state index contributed by atoms with van der Waals surface area (Å²) in [5.74, 6) is 3.15. The highest BCUT2D eigenvalue weighted by molar-refractivity contribution is 9.12. The lowest BCUT2D eigenvalue weighted by molar-refractivity contribution is -0.128. The van der Waals surface area contributed by atoms with Crippen LogP contribution >= 0.6 is 15.9 Å². The van der Waals surface area contributed by atoms with E-state index in [1.807, 2.05) is 0 Å². The number of carbonyl (C=O) groups excluding carboxylic acids is 2. The lowest BCUT2D eigenvalue weighted by atomic mass is 9.46. The van der Waals surface area contributed by atoms with Crippen molar-refractivity contribution in [3.63, 3.8) is 0 Å². The lowest BCUT2D eigenvalue weighted by Gasteiger charge is -2.58.